The Hall–Kier alpha value is -3.69. The summed E-state index contributed by atoms with van der Waals surface area (Å²) in [6, 6.07) is 17.9. The van der Waals surface area contributed by atoms with E-state index in [1.165, 1.54) is 30.0 Å². The Kier molecular flexibility index (Phi) is 7.49. The van der Waals surface area contributed by atoms with Crippen molar-refractivity contribution in [3.05, 3.63) is 99.6 Å². The number of rotatable bonds is 7. The zero-order valence-electron chi connectivity index (χ0n) is 20.9. The Balaban J connectivity index is 1.40. The van der Waals surface area contributed by atoms with Crippen LogP contribution in [0.15, 0.2) is 65.8 Å². The number of halogens is 2. The van der Waals surface area contributed by atoms with Gasteiger partial charge in [0.2, 0.25) is 5.91 Å². The molecular formula is C28H25ClFN5O2S. The highest BCUT2D eigenvalue weighted by Gasteiger charge is 2.26. The lowest BCUT2D eigenvalue weighted by Crippen LogP contribution is -2.30. The molecule has 0 atom stereocenters. The van der Waals surface area contributed by atoms with Gasteiger partial charge >= 0.3 is 0 Å². The number of thioether (sulfide) groups is 1. The van der Waals surface area contributed by atoms with Crippen molar-refractivity contribution in [3.63, 3.8) is 0 Å². The number of nitrogens with one attached hydrogen (secondary N) is 1. The van der Waals surface area contributed by atoms with Crippen LogP contribution in [-0.4, -0.2) is 38.9 Å². The van der Waals surface area contributed by atoms with Gasteiger partial charge in [-0.3, -0.25) is 14.2 Å². The van der Waals surface area contributed by atoms with Crippen LogP contribution in [0.4, 0.5) is 10.1 Å². The summed E-state index contributed by atoms with van der Waals surface area (Å²) in [5.41, 5.74) is 4.81. The van der Waals surface area contributed by atoms with E-state index < -0.39 is 11.7 Å². The van der Waals surface area contributed by atoms with E-state index in [1.54, 1.807) is 4.90 Å². The fourth-order valence-electron chi connectivity index (χ4n) is 4.49. The summed E-state index contributed by atoms with van der Waals surface area (Å²) in [5.74, 6) is -0.750. The SMILES string of the molecule is Cc1cccc(-n2c(CNC(=O)c3c(F)cccc3Cl)nnc2SCC(=O)N2CCc3ccccc32)c1C. The van der Waals surface area contributed by atoms with Crippen LogP contribution in [0.3, 0.4) is 0 Å². The van der Waals surface area contributed by atoms with Gasteiger partial charge in [-0.05, 0) is 61.2 Å². The van der Waals surface area contributed by atoms with Gasteiger partial charge in [0.25, 0.3) is 5.91 Å². The van der Waals surface area contributed by atoms with Crippen LogP contribution in [0.2, 0.25) is 5.02 Å². The van der Waals surface area contributed by atoms with Crippen LogP contribution in [0, 0.1) is 19.7 Å². The Morgan fingerprint density at radius 1 is 1.03 bits per heavy atom. The molecular weight excluding hydrogens is 525 g/mol. The summed E-state index contributed by atoms with van der Waals surface area (Å²) in [4.78, 5) is 27.7. The van der Waals surface area contributed by atoms with Crippen molar-refractivity contribution in [1.82, 2.24) is 20.1 Å². The van der Waals surface area contributed by atoms with Gasteiger partial charge in [-0.15, -0.1) is 10.2 Å². The van der Waals surface area contributed by atoms with Crippen molar-refractivity contribution in [2.75, 3.05) is 17.2 Å². The summed E-state index contributed by atoms with van der Waals surface area (Å²) in [7, 11) is 0. The van der Waals surface area contributed by atoms with E-state index in [4.69, 9.17) is 11.6 Å². The highest BCUT2D eigenvalue weighted by atomic mass is 35.5. The number of aromatic nitrogens is 3. The van der Waals surface area contributed by atoms with Crippen LogP contribution < -0.4 is 10.2 Å². The number of fused-ring (bicyclic) bond motifs is 1. The van der Waals surface area contributed by atoms with E-state index >= 15 is 0 Å². The average molecular weight is 550 g/mol. The minimum absolute atomic E-state index is 0.0143. The first kappa shape index (κ1) is 25.9. The van der Waals surface area contributed by atoms with Crippen LogP contribution in [0.25, 0.3) is 5.69 Å². The molecule has 1 N–H and O–H groups in total. The number of carbonyl (C=O) groups excluding carboxylic acids is 2. The number of aryl methyl sites for hydroxylation is 1. The number of para-hydroxylation sites is 1. The predicted molar refractivity (Wildman–Crippen MR) is 147 cm³/mol. The van der Waals surface area contributed by atoms with E-state index in [2.05, 4.69) is 15.5 Å². The minimum atomic E-state index is -0.704. The molecule has 38 heavy (non-hydrogen) atoms. The number of nitrogens with zero attached hydrogens (tertiary/aromatic N) is 4. The molecule has 0 spiro atoms. The topological polar surface area (TPSA) is 80.1 Å². The molecule has 2 heterocycles. The van der Waals surface area contributed by atoms with E-state index in [-0.39, 0.29) is 28.8 Å². The Labute approximate surface area is 229 Å². The average Bonchev–Trinajstić information content (AvgIpc) is 3.52. The summed E-state index contributed by atoms with van der Waals surface area (Å²) >= 11 is 7.35. The number of anilines is 1. The molecule has 1 aromatic heterocycles. The molecule has 7 nitrogen and oxygen atoms in total. The molecule has 10 heteroatoms. The largest absolute Gasteiger partial charge is 0.345 e. The van der Waals surface area contributed by atoms with Crippen molar-refractivity contribution >= 4 is 40.9 Å². The summed E-state index contributed by atoms with van der Waals surface area (Å²) < 4.78 is 16.1. The smallest absolute Gasteiger partial charge is 0.256 e. The second-order valence-corrected chi connectivity index (χ2v) is 10.3. The molecule has 1 aliphatic rings. The standard InChI is InChI=1S/C28H25ClFN5O2S/c1-17-7-5-12-22(18(17)2)35-24(15-31-27(37)26-20(29)9-6-10-21(26)30)32-33-28(35)38-16-25(36)34-14-13-19-8-3-4-11-23(19)34/h3-12H,13-16H2,1-2H3,(H,31,37). The fraction of sp³-hybridized carbons (Fsp3) is 0.214. The maximum atomic E-state index is 14.3. The summed E-state index contributed by atoms with van der Waals surface area (Å²) in [6.45, 7) is 4.63. The van der Waals surface area contributed by atoms with Crippen LogP contribution in [-0.2, 0) is 17.8 Å². The van der Waals surface area contributed by atoms with Gasteiger partial charge in [0.15, 0.2) is 11.0 Å². The molecule has 194 valence electrons. The lowest BCUT2D eigenvalue weighted by molar-refractivity contribution is -0.116. The second kappa shape index (κ2) is 11.0. The third kappa shape index (κ3) is 5.04. The quantitative estimate of drug-likeness (QED) is 0.317. The first-order chi connectivity index (χ1) is 18.3. The predicted octanol–water partition coefficient (Wildman–Crippen LogP) is 5.29. The third-order valence-corrected chi connectivity index (χ3v) is 7.86. The zero-order valence-corrected chi connectivity index (χ0v) is 22.4. The van der Waals surface area contributed by atoms with E-state index in [1.807, 2.05) is 60.9 Å². The number of benzene rings is 3. The molecule has 4 aromatic rings. The third-order valence-electron chi connectivity index (χ3n) is 6.63. The molecule has 5 rings (SSSR count). The fourth-order valence-corrected chi connectivity index (χ4v) is 5.58. The van der Waals surface area contributed by atoms with E-state index in [0.717, 1.165) is 34.5 Å². The number of hydrogen-bond acceptors (Lipinski definition) is 5. The second-order valence-electron chi connectivity index (χ2n) is 8.95. The molecule has 0 saturated heterocycles. The van der Waals surface area contributed by atoms with Crippen molar-refractivity contribution in [2.24, 2.45) is 0 Å². The van der Waals surface area contributed by atoms with Crippen molar-refractivity contribution in [1.29, 1.82) is 0 Å². The Bertz CT molecular complexity index is 1520. The van der Waals surface area contributed by atoms with Crippen LogP contribution in [0.1, 0.15) is 32.9 Å². The Morgan fingerprint density at radius 2 is 1.79 bits per heavy atom. The molecule has 0 aliphatic carbocycles. The summed E-state index contributed by atoms with van der Waals surface area (Å²) in [6.07, 6.45) is 0.834. The molecule has 3 aromatic carbocycles. The van der Waals surface area contributed by atoms with Crippen molar-refractivity contribution in [3.8, 4) is 5.69 Å². The van der Waals surface area contributed by atoms with Gasteiger partial charge in [0.05, 0.1) is 28.6 Å². The van der Waals surface area contributed by atoms with Gasteiger partial charge in [-0.2, -0.15) is 0 Å². The number of carbonyl (C=O) groups is 2. The van der Waals surface area contributed by atoms with Gasteiger partial charge in [-0.1, -0.05) is 59.8 Å². The normalized spacial score (nSPS) is 12.5. The minimum Gasteiger partial charge on any atom is -0.345 e. The first-order valence-corrected chi connectivity index (χ1v) is 13.5. The molecule has 0 bridgehead atoms. The monoisotopic (exact) mass is 549 g/mol. The molecule has 0 fully saturated rings. The highest BCUT2D eigenvalue weighted by Crippen LogP contribution is 2.30. The molecule has 0 saturated carbocycles. The molecule has 2 amide bonds. The van der Waals surface area contributed by atoms with Gasteiger partial charge in [0.1, 0.15) is 5.82 Å². The zero-order chi connectivity index (χ0) is 26.8. The van der Waals surface area contributed by atoms with Crippen LogP contribution in [0.5, 0.6) is 0 Å². The molecule has 0 radical (unpaired) electrons. The lowest BCUT2D eigenvalue weighted by atomic mass is 10.1. The summed E-state index contributed by atoms with van der Waals surface area (Å²) in [5, 5.41) is 11.9. The highest BCUT2D eigenvalue weighted by molar-refractivity contribution is 7.99. The van der Waals surface area contributed by atoms with Gasteiger partial charge in [-0.25, -0.2) is 4.39 Å². The number of amides is 2. The first-order valence-electron chi connectivity index (χ1n) is 12.1. The van der Waals surface area contributed by atoms with E-state index in [0.29, 0.717) is 17.5 Å². The maximum absolute atomic E-state index is 14.3. The Morgan fingerprint density at radius 3 is 2.61 bits per heavy atom. The molecule has 0 unspecified atom stereocenters. The van der Waals surface area contributed by atoms with Crippen molar-refractivity contribution in [2.45, 2.75) is 32.0 Å². The van der Waals surface area contributed by atoms with Crippen LogP contribution >= 0.6 is 23.4 Å². The maximum Gasteiger partial charge on any atom is 0.256 e. The van der Waals surface area contributed by atoms with Crippen molar-refractivity contribution < 1.29 is 14.0 Å². The lowest BCUT2D eigenvalue weighted by Gasteiger charge is -2.18. The molecule has 1 aliphatic heterocycles. The van der Waals surface area contributed by atoms with Gasteiger partial charge < -0.3 is 10.2 Å². The van der Waals surface area contributed by atoms with Gasteiger partial charge in [0, 0.05) is 12.2 Å². The van der Waals surface area contributed by atoms with E-state index in [9.17, 15) is 14.0 Å². The number of hydrogen-bond donors (Lipinski definition) is 1.